The normalized spacial score (nSPS) is 35.4. The first kappa shape index (κ1) is 17.8. The minimum atomic E-state index is -3.58. The standard InChI is InChI=1S/2C8H12NO.CH2.2BrH.Pd/c2*1-7-8(10-6-9-7)4-2-3-5-8;;;;/h2*7H,2-5H2,1H3;1H2;2*1H;/q;;;;;+2/p-2/t2*7-;;;;/m00..../s1. The molecule has 0 N–H and O–H groups in total. The van der Waals surface area contributed by atoms with Crippen molar-refractivity contribution in [3.05, 3.63) is 0 Å². The van der Waals surface area contributed by atoms with Crippen molar-refractivity contribution in [1.29, 1.82) is 0 Å². The van der Waals surface area contributed by atoms with Gasteiger partial charge in [-0.05, 0) is 0 Å². The van der Waals surface area contributed by atoms with Gasteiger partial charge in [-0.25, -0.2) is 0 Å². The molecule has 7 heteroatoms. The molecule has 0 unspecified atom stereocenters. The van der Waals surface area contributed by atoms with Gasteiger partial charge in [-0.2, -0.15) is 0 Å². The number of aliphatic imine (C=N–C) groups is 2. The molecule has 140 valence electrons. The van der Waals surface area contributed by atoms with Crippen LogP contribution in [0.1, 0.15) is 65.2 Å². The van der Waals surface area contributed by atoms with Crippen LogP contribution in [0, 0.1) is 0 Å². The van der Waals surface area contributed by atoms with Gasteiger partial charge in [0.15, 0.2) is 0 Å². The van der Waals surface area contributed by atoms with Crippen LogP contribution in [-0.4, -0.2) is 37.0 Å². The zero-order valence-electron chi connectivity index (χ0n) is 14.3. The van der Waals surface area contributed by atoms with Crippen molar-refractivity contribution >= 4 is 40.6 Å². The van der Waals surface area contributed by atoms with Crippen LogP contribution in [0.25, 0.3) is 0 Å². The number of hydrogen-bond acceptors (Lipinski definition) is 4. The van der Waals surface area contributed by atoms with Crippen molar-refractivity contribution < 1.29 is 19.3 Å². The minimum absolute atomic E-state index is 0.138. The summed E-state index contributed by atoms with van der Waals surface area (Å²) in [5.41, 5.74) is -0.275. The Kier molecular flexibility index (Phi) is 4.06. The Hall–Kier alpha value is 0.432. The monoisotopic (exact) mass is 554 g/mol. The third-order valence-electron chi connectivity index (χ3n) is 6.09. The van der Waals surface area contributed by atoms with Crippen molar-refractivity contribution in [2.45, 2.75) is 88.5 Å². The topological polar surface area (TPSA) is 43.2 Å². The number of halogens is 2. The van der Waals surface area contributed by atoms with Gasteiger partial charge in [0, 0.05) is 0 Å². The Labute approximate surface area is 157 Å². The zero-order chi connectivity index (χ0) is 17.2. The van der Waals surface area contributed by atoms with Gasteiger partial charge < -0.3 is 0 Å². The van der Waals surface area contributed by atoms with Crippen LogP contribution in [0.2, 0.25) is 0 Å². The summed E-state index contributed by atoms with van der Waals surface area (Å²) in [6.07, 6.45) is 9.16. The van der Waals surface area contributed by atoms with Crippen LogP contribution in [-0.2, 0) is 19.3 Å². The molecule has 4 aliphatic rings. The van der Waals surface area contributed by atoms with Crippen molar-refractivity contribution in [3.8, 4) is 0 Å². The summed E-state index contributed by atoms with van der Waals surface area (Å²) in [5, 5.41) is 0. The average Bonchev–Trinajstić information content (AvgIpc) is 3.26. The van der Waals surface area contributed by atoms with Gasteiger partial charge in [0.2, 0.25) is 0 Å². The Morgan fingerprint density at radius 3 is 1.54 bits per heavy atom. The summed E-state index contributed by atoms with van der Waals surface area (Å²) >= 11 is 7.82. The molecule has 0 aromatic rings. The first-order valence-electron chi connectivity index (χ1n) is 8.71. The third kappa shape index (κ3) is 2.48. The van der Waals surface area contributed by atoms with E-state index >= 15 is 0 Å². The summed E-state index contributed by atoms with van der Waals surface area (Å²) in [6, 6.07) is 0.336. The second-order valence-corrected chi connectivity index (χ2v) is 29.7. The fraction of sp³-hybridized carbons (Fsp3) is 0.824. The molecule has 2 spiro atoms. The molecule has 0 radical (unpaired) electrons. The molecular formula is C17H26Br2N2O2Pd. The van der Waals surface area contributed by atoms with E-state index in [0.717, 1.165) is 25.7 Å². The molecule has 24 heavy (non-hydrogen) atoms. The molecule has 0 bridgehead atoms. The Morgan fingerprint density at radius 2 is 1.21 bits per heavy atom. The van der Waals surface area contributed by atoms with Gasteiger partial charge in [-0.1, -0.05) is 0 Å². The van der Waals surface area contributed by atoms with E-state index in [9.17, 15) is 0 Å². The number of rotatable bonds is 2. The fourth-order valence-electron chi connectivity index (χ4n) is 4.38. The first-order valence-corrected chi connectivity index (χ1v) is 18.5. The van der Waals surface area contributed by atoms with E-state index in [2.05, 4.69) is 45.7 Å². The van der Waals surface area contributed by atoms with E-state index < -0.39 is 9.83 Å². The SMILES string of the molecule is [CH2]=[Pd]([Br])([Br])([C]1=N[C@@H](C)C2(CCCC2)O1)[C]1=N[C@@H](C)C2(CCCC2)O1. The van der Waals surface area contributed by atoms with Gasteiger partial charge in [0.1, 0.15) is 0 Å². The van der Waals surface area contributed by atoms with Gasteiger partial charge in [0.25, 0.3) is 0 Å². The first-order chi connectivity index (χ1) is 11.2. The average molecular weight is 557 g/mol. The van der Waals surface area contributed by atoms with Gasteiger partial charge in [-0.3, -0.25) is 0 Å². The Balaban J connectivity index is 1.65. The second kappa shape index (κ2) is 5.47. The maximum atomic E-state index is 6.49. The summed E-state index contributed by atoms with van der Waals surface area (Å²) in [4.78, 5) is 14.3. The van der Waals surface area contributed by atoms with E-state index in [4.69, 9.17) is 19.5 Å². The summed E-state index contributed by atoms with van der Waals surface area (Å²) in [5.74, 6) is 0. The van der Waals surface area contributed by atoms with Gasteiger partial charge in [0.05, 0.1) is 0 Å². The molecule has 2 aliphatic heterocycles. The Bertz CT molecular complexity index is 633. The molecule has 2 heterocycles. The molecule has 2 atom stereocenters. The molecule has 4 rings (SSSR count). The van der Waals surface area contributed by atoms with E-state index in [1.165, 1.54) is 25.7 Å². The summed E-state index contributed by atoms with van der Waals surface area (Å²) in [7, 11) is -3.58. The summed E-state index contributed by atoms with van der Waals surface area (Å²) < 4.78 is 14.4. The molecule has 0 aromatic carbocycles. The maximum absolute atomic E-state index is 6.49. The molecular weight excluding hydrogens is 530 g/mol. The fourth-order valence-corrected chi connectivity index (χ4v) is 10.1. The molecule has 2 aliphatic carbocycles. The third-order valence-corrected chi connectivity index (χ3v) is 14.5. The number of hydrogen-bond donors (Lipinski definition) is 0. The van der Waals surface area contributed by atoms with Crippen LogP contribution in [0.3, 0.4) is 0 Å². The number of nitrogens with zero attached hydrogens (tertiary/aromatic N) is 2. The van der Waals surface area contributed by atoms with Crippen LogP contribution in [0.15, 0.2) is 9.98 Å². The van der Waals surface area contributed by atoms with Crippen LogP contribution >= 0.6 is 26.9 Å². The van der Waals surface area contributed by atoms with Crippen molar-refractivity contribution in [2.24, 2.45) is 9.98 Å². The van der Waals surface area contributed by atoms with Crippen LogP contribution < -0.4 is 0 Å². The Morgan fingerprint density at radius 1 is 0.875 bits per heavy atom. The van der Waals surface area contributed by atoms with Gasteiger partial charge in [-0.15, -0.1) is 0 Å². The molecule has 0 amide bonds. The predicted molar refractivity (Wildman–Crippen MR) is 103 cm³/mol. The molecule has 0 aromatic heterocycles. The van der Waals surface area contributed by atoms with E-state index in [0.29, 0.717) is 8.74 Å². The van der Waals surface area contributed by atoms with Crippen LogP contribution in [0.4, 0.5) is 0 Å². The zero-order valence-corrected chi connectivity index (χ0v) is 19.0. The number of ether oxygens (including phenoxy) is 2. The molecule has 2 fully saturated rings. The van der Waals surface area contributed by atoms with E-state index in [1.54, 1.807) is 0 Å². The van der Waals surface area contributed by atoms with E-state index in [1.807, 2.05) is 0 Å². The molecule has 0 saturated heterocycles. The van der Waals surface area contributed by atoms with Gasteiger partial charge >= 0.3 is 158 Å². The van der Waals surface area contributed by atoms with E-state index in [-0.39, 0.29) is 23.3 Å². The van der Waals surface area contributed by atoms with Crippen molar-refractivity contribution in [2.75, 3.05) is 0 Å². The second-order valence-electron chi connectivity index (χ2n) is 7.57. The van der Waals surface area contributed by atoms with Crippen molar-refractivity contribution in [3.63, 3.8) is 0 Å². The van der Waals surface area contributed by atoms with Crippen molar-refractivity contribution in [1.82, 2.24) is 0 Å². The molecule has 2 saturated carbocycles. The quantitative estimate of drug-likeness (QED) is 0.454. The molecule has 4 nitrogen and oxygen atoms in total. The summed E-state index contributed by atoms with van der Waals surface area (Å²) in [6.45, 7) is 4.32. The predicted octanol–water partition coefficient (Wildman–Crippen LogP) is 4.90. The van der Waals surface area contributed by atoms with Crippen LogP contribution in [0.5, 0.6) is 0 Å².